The van der Waals surface area contributed by atoms with Crippen LogP contribution in [0.4, 0.5) is 0 Å². The molecule has 0 radical (unpaired) electrons. The molecule has 1 aromatic carbocycles. The van der Waals surface area contributed by atoms with Gasteiger partial charge in [0.05, 0.1) is 37.3 Å². The zero-order chi connectivity index (χ0) is 23.2. The Labute approximate surface area is 198 Å². The molecule has 0 spiro atoms. The molecule has 0 atom stereocenters. The SMILES string of the molecule is COc1ccccc1-c1c(C)nn2c(SCC(=O)NCCCN3CCOCC3)cc(C)nc12. The van der Waals surface area contributed by atoms with Crippen LogP contribution in [0.2, 0.25) is 0 Å². The van der Waals surface area contributed by atoms with Gasteiger partial charge in [-0.3, -0.25) is 9.69 Å². The summed E-state index contributed by atoms with van der Waals surface area (Å²) in [7, 11) is 1.67. The number of fused-ring (bicyclic) bond motifs is 1. The fourth-order valence-corrected chi connectivity index (χ4v) is 4.91. The van der Waals surface area contributed by atoms with Crippen molar-refractivity contribution in [1.29, 1.82) is 0 Å². The van der Waals surface area contributed by atoms with Crippen LogP contribution < -0.4 is 10.1 Å². The van der Waals surface area contributed by atoms with E-state index in [1.165, 1.54) is 11.8 Å². The highest BCUT2D eigenvalue weighted by Crippen LogP contribution is 2.35. The minimum atomic E-state index is 0.0263. The lowest BCUT2D eigenvalue weighted by Crippen LogP contribution is -2.38. The van der Waals surface area contributed by atoms with Gasteiger partial charge in [0.25, 0.3) is 0 Å². The summed E-state index contributed by atoms with van der Waals surface area (Å²) in [5, 5.41) is 8.67. The van der Waals surface area contributed by atoms with Gasteiger partial charge in [-0.15, -0.1) is 0 Å². The molecule has 3 aromatic rings. The second-order valence-electron chi connectivity index (χ2n) is 8.08. The molecule has 9 heteroatoms. The zero-order valence-corrected chi connectivity index (χ0v) is 20.3. The Balaban J connectivity index is 1.42. The number of rotatable bonds is 9. The van der Waals surface area contributed by atoms with Gasteiger partial charge in [0.15, 0.2) is 5.65 Å². The van der Waals surface area contributed by atoms with Crippen molar-refractivity contribution < 1.29 is 14.3 Å². The molecule has 176 valence electrons. The third-order valence-electron chi connectivity index (χ3n) is 5.66. The van der Waals surface area contributed by atoms with E-state index in [-0.39, 0.29) is 5.91 Å². The predicted molar refractivity (Wildman–Crippen MR) is 130 cm³/mol. The second kappa shape index (κ2) is 11.0. The Bertz CT molecular complexity index is 1110. The molecular formula is C24H31N5O3S. The molecule has 0 unspecified atom stereocenters. The number of carbonyl (C=O) groups excluding carboxylic acids is 1. The number of amides is 1. The summed E-state index contributed by atoms with van der Waals surface area (Å²) in [4.78, 5) is 19.6. The Morgan fingerprint density at radius 2 is 2.03 bits per heavy atom. The van der Waals surface area contributed by atoms with Gasteiger partial charge >= 0.3 is 0 Å². The van der Waals surface area contributed by atoms with E-state index < -0.39 is 0 Å². The molecule has 4 rings (SSSR count). The van der Waals surface area contributed by atoms with E-state index in [1.807, 2.05) is 48.7 Å². The Kier molecular flexibility index (Phi) is 7.85. The minimum absolute atomic E-state index is 0.0263. The first-order valence-corrected chi connectivity index (χ1v) is 12.3. The molecule has 1 amide bonds. The van der Waals surface area contributed by atoms with E-state index in [2.05, 4.69) is 10.2 Å². The summed E-state index contributed by atoms with van der Waals surface area (Å²) in [5.41, 5.74) is 4.43. The summed E-state index contributed by atoms with van der Waals surface area (Å²) in [6, 6.07) is 9.86. The molecule has 1 aliphatic rings. The maximum atomic E-state index is 12.4. The summed E-state index contributed by atoms with van der Waals surface area (Å²) < 4.78 is 12.8. The first kappa shape index (κ1) is 23.5. The molecule has 1 saturated heterocycles. The number of thioether (sulfide) groups is 1. The van der Waals surface area contributed by atoms with Gasteiger partial charge in [0.2, 0.25) is 5.91 Å². The van der Waals surface area contributed by atoms with Crippen molar-refractivity contribution in [1.82, 2.24) is 24.8 Å². The number of nitrogens with zero attached hydrogens (tertiary/aromatic N) is 4. The van der Waals surface area contributed by atoms with Crippen LogP contribution in [-0.2, 0) is 9.53 Å². The number of carbonyl (C=O) groups is 1. The molecule has 1 fully saturated rings. The average molecular weight is 470 g/mol. The summed E-state index contributed by atoms with van der Waals surface area (Å²) >= 11 is 1.48. The van der Waals surface area contributed by atoms with Crippen LogP contribution in [0.15, 0.2) is 35.4 Å². The molecule has 1 N–H and O–H groups in total. The van der Waals surface area contributed by atoms with E-state index in [1.54, 1.807) is 7.11 Å². The van der Waals surface area contributed by atoms with Crippen LogP contribution in [0.1, 0.15) is 17.8 Å². The van der Waals surface area contributed by atoms with Crippen molar-refractivity contribution in [2.75, 3.05) is 52.3 Å². The van der Waals surface area contributed by atoms with E-state index in [0.29, 0.717) is 12.3 Å². The normalized spacial score (nSPS) is 14.5. The number of aromatic nitrogens is 3. The zero-order valence-electron chi connectivity index (χ0n) is 19.5. The van der Waals surface area contributed by atoms with Gasteiger partial charge in [0.1, 0.15) is 10.8 Å². The van der Waals surface area contributed by atoms with E-state index in [0.717, 1.165) is 78.2 Å². The highest BCUT2D eigenvalue weighted by molar-refractivity contribution is 7.99. The number of methoxy groups -OCH3 is 1. The molecule has 0 saturated carbocycles. The van der Waals surface area contributed by atoms with Gasteiger partial charge in [-0.25, -0.2) is 9.50 Å². The maximum absolute atomic E-state index is 12.4. The monoisotopic (exact) mass is 469 g/mol. The fraction of sp³-hybridized carbons (Fsp3) is 0.458. The minimum Gasteiger partial charge on any atom is -0.496 e. The average Bonchev–Trinajstić information content (AvgIpc) is 3.16. The predicted octanol–water partition coefficient (Wildman–Crippen LogP) is 2.95. The number of hydrogen-bond donors (Lipinski definition) is 1. The van der Waals surface area contributed by atoms with E-state index >= 15 is 0 Å². The number of benzene rings is 1. The Morgan fingerprint density at radius 1 is 1.24 bits per heavy atom. The lowest BCUT2D eigenvalue weighted by molar-refractivity contribution is -0.118. The number of nitrogens with one attached hydrogen (secondary N) is 1. The number of morpholine rings is 1. The first-order chi connectivity index (χ1) is 16.1. The third kappa shape index (κ3) is 5.66. The van der Waals surface area contributed by atoms with Crippen molar-refractivity contribution >= 4 is 23.3 Å². The van der Waals surface area contributed by atoms with Crippen LogP contribution in [0.3, 0.4) is 0 Å². The lowest BCUT2D eigenvalue weighted by Gasteiger charge is -2.26. The summed E-state index contributed by atoms with van der Waals surface area (Å²) in [5.74, 6) is 1.14. The Morgan fingerprint density at radius 3 is 2.82 bits per heavy atom. The van der Waals surface area contributed by atoms with Crippen molar-refractivity contribution in [3.05, 3.63) is 41.7 Å². The van der Waals surface area contributed by atoms with E-state index in [4.69, 9.17) is 19.6 Å². The van der Waals surface area contributed by atoms with Gasteiger partial charge in [-0.1, -0.05) is 30.0 Å². The standard InChI is InChI=1S/C24H31N5O3S/c1-17-15-22(33-16-21(30)25-9-6-10-28-11-13-32-14-12-28)29-24(26-17)23(18(2)27-29)19-7-4-5-8-20(19)31-3/h4-5,7-8,15H,6,9-14,16H2,1-3H3,(H,25,30). The highest BCUT2D eigenvalue weighted by Gasteiger charge is 2.19. The van der Waals surface area contributed by atoms with Gasteiger partial charge in [0, 0.05) is 30.9 Å². The summed E-state index contributed by atoms with van der Waals surface area (Å²) in [6.45, 7) is 9.15. The molecule has 1 aliphatic heterocycles. The Hall–Kier alpha value is -2.62. The fourth-order valence-electron chi connectivity index (χ4n) is 4.03. The van der Waals surface area contributed by atoms with Gasteiger partial charge < -0.3 is 14.8 Å². The third-order valence-corrected chi connectivity index (χ3v) is 6.66. The van der Waals surface area contributed by atoms with E-state index in [9.17, 15) is 4.79 Å². The molecule has 8 nitrogen and oxygen atoms in total. The van der Waals surface area contributed by atoms with Crippen molar-refractivity contribution in [3.63, 3.8) is 0 Å². The number of aryl methyl sites for hydroxylation is 2. The van der Waals surface area contributed by atoms with Crippen molar-refractivity contribution in [3.8, 4) is 16.9 Å². The van der Waals surface area contributed by atoms with Crippen LogP contribution in [0, 0.1) is 13.8 Å². The van der Waals surface area contributed by atoms with Crippen molar-refractivity contribution in [2.45, 2.75) is 25.3 Å². The summed E-state index contributed by atoms with van der Waals surface area (Å²) in [6.07, 6.45) is 0.940. The lowest BCUT2D eigenvalue weighted by atomic mass is 10.1. The van der Waals surface area contributed by atoms with Crippen molar-refractivity contribution in [2.24, 2.45) is 0 Å². The number of ether oxygens (including phenoxy) is 2. The van der Waals surface area contributed by atoms with Crippen LogP contribution in [-0.4, -0.2) is 77.7 Å². The molecule has 3 heterocycles. The maximum Gasteiger partial charge on any atom is 0.230 e. The smallest absolute Gasteiger partial charge is 0.230 e. The molecule has 2 aromatic heterocycles. The van der Waals surface area contributed by atoms with Crippen LogP contribution in [0.5, 0.6) is 5.75 Å². The molecular weight excluding hydrogens is 438 g/mol. The molecule has 0 aliphatic carbocycles. The van der Waals surface area contributed by atoms with Crippen LogP contribution in [0.25, 0.3) is 16.8 Å². The number of para-hydroxylation sites is 1. The molecule has 0 bridgehead atoms. The second-order valence-corrected chi connectivity index (χ2v) is 9.07. The highest BCUT2D eigenvalue weighted by atomic mass is 32.2. The van der Waals surface area contributed by atoms with Gasteiger partial charge in [-0.05, 0) is 38.9 Å². The van der Waals surface area contributed by atoms with Crippen LogP contribution >= 0.6 is 11.8 Å². The first-order valence-electron chi connectivity index (χ1n) is 11.3. The molecule has 33 heavy (non-hydrogen) atoms. The largest absolute Gasteiger partial charge is 0.496 e. The quantitative estimate of drug-likeness (QED) is 0.293. The van der Waals surface area contributed by atoms with Gasteiger partial charge in [-0.2, -0.15) is 5.10 Å². The number of hydrogen-bond acceptors (Lipinski definition) is 7. The topological polar surface area (TPSA) is 81.0 Å².